The number of ether oxygens (including phenoxy) is 1. The van der Waals surface area contributed by atoms with E-state index in [0.717, 1.165) is 11.1 Å². The van der Waals surface area contributed by atoms with Crippen LogP contribution in [0.15, 0.2) is 55.0 Å². The largest absolute Gasteiger partial charge is 0.389 e. The van der Waals surface area contributed by atoms with Crippen LogP contribution >= 0.6 is 0 Å². The number of nitrogen functional groups attached to an aromatic ring is 1. The maximum Gasteiger partial charge on any atom is 0.189 e. The molecule has 178 valence electrons. The number of hydrogen-bond donors (Lipinski definition) is 3. The van der Waals surface area contributed by atoms with Gasteiger partial charge in [-0.15, -0.1) is 0 Å². The van der Waals surface area contributed by atoms with Gasteiger partial charge in [-0.2, -0.15) is 0 Å². The Morgan fingerprint density at radius 1 is 1.18 bits per heavy atom. The van der Waals surface area contributed by atoms with Crippen LogP contribution in [0.4, 0.5) is 5.82 Å². The molecule has 1 fully saturated rings. The van der Waals surface area contributed by atoms with Crippen LogP contribution < -0.4 is 11.5 Å². The Morgan fingerprint density at radius 3 is 2.62 bits per heavy atom. The number of aliphatic hydroxyl groups excluding tert-OH is 1. The van der Waals surface area contributed by atoms with Crippen molar-refractivity contribution >= 4 is 11.6 Å². The van der Waals surface area contributed by atoms with Crippen LogP contribution in [0.3, 0.4) is 0 Å². The van der Waals surface area contributed by atoms with Crippen molar-refractivity contribution < 1.29 is 14.6 Å². The molecule has 0 amide bonds. The first-order valence-corrected chi connectivity index (χ1v) is 11.4. The minimum absolute atomic E-state index is 0.0398. The average Bonchev–Trinajstić information content (AvgIpc) is 2.81. The number of aromatic nitrogens is 3. The highest BCUT2D eigenvalue weighted by Gasteiger charge is 2.42. The first-order valence-electron chi connectivity index (χ1n) is 11.4. The van der Waals surface area contributed by atoms with Gasteiger partial charge >= 0.3 is 0 Å². The Bertz CT molecular complexity index is 1160. The first kappa shape index (κ1) is 23.9. The molecule has 34 heavy (non-hydrogen) atoms. The predicted molar refractivity (Wildman–Crippen MR) is 130 cm³/mol. The molecule has 1 aliphatic rings. The number of carbonyl (C=O) groups is 1. The van der Waals surface area contributed by atoms with Gasteiger partial charge < -0.3 is 21.3 Å². The molecule has 1 aromatic carbocycles. The summed E-state index contributed by atoms with van der Waals surface area (Å²) in [7, 11) is 0. The fourth-order valence-electron chi connectivity index (χ4n) is 4.35. The maximum absolute atomic E-state index is 13.3. The van der Waals surface area contributed by atoms with Gasteiger partial charge in [0.15, 0.2) is 11.6 Å². The van der Waals surface area contributed by atoms with Gasteiger partial charge in [0, 0.05) is 30.4 Å². The summed E-state index contributed by atoms with van der Waals surface area (Å²) < 4.78 is 6.33. The molecule has 0 saturated carbocycles. The Kier molecular flexibility index (Phi) is 6.74. The topological polar surface area (TPSA) is 137 Å². The molecular formula is C26H31N5O3. The Hall–Kier alpha value is -3.20. The number of Topliss-reactive ketones (excluding diaryl/α,β-unsaturated/α-hetero) is 1. The van der Waals surface area contributed by atoms with Crippen LogP contribution in [0.1, 0.15) is 54.9 Å². The SMILES string of the molecule is CC(C)(C)[C@H]1O[C@@H](c2ccncc2CC(=O)c2nc(-c3ccccc3)cnc2N)C[C@@H](N)[C@@H]1O. The molecule has 5 N–H and O–H groups in total. The zero-order valence-electron chi connectivity index (χ0n) is 19.7. The molecule has 0 radical (unpaired) electrons. The summed E-state index contributed by atoms with van der Waals surface area (Å²) in [5, 5.41) is 10.6. The fraction of sp³-hybridized carbons (Fsp3) is 0.385. The summed E-state index contributed by atoms with van der Waals surface area (Å²) in [6.45, 7) is 6.02. The van der Waals surface area contributed by atoms with Crippen LogP contribution in [0.25, 0.3) is 11.3 Å². The lowest BCUT2D eigenvalue weighted by atomic mass is 9.79. The molecule has 2 aromatic heterocycles. The van der Waals surface area contributed by atoms with Crippen molar-refractivity contribution in [3.63, 3.8) is 0 Å². The van der Waals surface area contributed by atoms with E-state index >= 15 is 0 Å². The lowest BCUT2D eigenvalue weighted by molar-refractivity contribution is -0.167. The second-order valence-corrected chi connectivity index (χ2v) is 9.83. The van der Waals surface area contributed by atoms with Crippen molar-refractivity contribution in [3.8, 4) is 11.3 Å². The second-order valence-electron chi connectivity index (χ2n) is 9.83. The molecule has 3 aromatic rings. The van der Waals surface area contributed by atoms with Gasteiger partial charge in [0.2, 0.25) is 0 Å². The lowest BCUT2D eigenvalue weighted by Gasteiger charge is -2.44. The molecule has 0 spiro atoms. The Labute approximate surface area is 199 Å². The predicted octanol–water partition coefficient (Wildman–Crippen LogP) is 3.11. The van der Waals surface area contributed by atoms with E-state index in [2.05, 4.69) is 15.0 Å². The van der Waals surface area contributed by atoms with E-state index in [0.29, 0.717) is 17.7 Å². The van der Waals surface area contributed by atoms with E-state index in [4.69, 9.17) is 16.2 Å². The number of rotatable bonds is 5. The number of hydrogen-bond acceptors (Lipinski definition) is 8. The number of anilines is 1. The summed E-state index contributed by atoms with van der Waals surface area (Å²) >= 11 is 0. The quantitative estimate of drug-likeness (QED) is 0.493. The lowest BCUT2D eigenvalue weighted by Crippen LogP contribution is -2.54. The van der Waals surface area contributed by atoms with Crippen LogP contribution in [-0.2, 0) is 11.2 Å². The third-order valence-corrected chi connectivity index (χ3v) is 6.17. The van der Waals surface area contributed by atoms with Crippen LogP contribution in [0, 0.1) is 5.41 Å². The van der Waals surface area contributed by atoms with Crippen molar-refractivity contribution in [2.24, 2.45) is 11.1 Å². The number of carbonyl (C=O) groups excluding carboxylic acids is 1. The molecule has 4 atom stereocenters. The van der Waals surface area contributed by atoms with E-state index in [1.807, 2.05) is 57.2 Å². The van der Waals surface area contributed by atoms with Gasteiger partial charge in [-0.3, -0.25) is 9.78 Å². The molecule has 0 aliphatic carbocycles. The van der Waals surface area contributed by atoms with Crippen molar-refractivity contribution in [1.29, 1.82) is 0 Å². The van der Waals surface area contributed by atoms with Gasteiger partial charge in [-0.25, -0.2) is 9.97 Å². The van der Waals surface area contributed by atoms with E-state index in [9.17, 15) is 9.90 Å². The Morgan fingerprint density at radius 2 is 1.91 bits per heavy atom. The van der Waals surface area contributed by atoms with E-state index in [1.165, 1.54) is 0 Å². The summed E-state index contributed by atoms with van der Waals surface area (Å²) in [5.41, 5.74) is 15.1. The number of pyridine rings is 1. The van der Waals surface area contributed by atoms with Crippen LogP contribution in [-0.4, -0.2) is 44.1 Å². The minimum Gasteiger partial charge on any atom is -0.389 e. The molecule has 8 heteroatoms. The van der Waals surface area contributed by atoms with Gasteiger partial charge in [-0.1, -0.05) is 51.1 Å². The van der Waals surface area contributed by atoms with Crippen molar-refractivity contribution in [3.05, 3.63) is 71.8 Å². The zero-order valence-corrected chi connectivity index (χ0v) is 19.7. The number of aliphatic hydroxyl groups is 1. The number of nitrogens with zero attached hydrogens (tertiary/aromatic N) is 3. The van der Waals surface area contributed by atoms with Gasteiger partial charge in [-0.05, 0) is 29.0 Å². The summed E-state index contributed by atoms with van der Waals surface area (Å²) in [4.78, 5) is 26.2. The zero-order chi connectivity index (χ0) is 24.5. The van der Waals surface area contributed by atoms with Gasteiger partial charge in [0.05, 0.1) is 30.2 Å². The highest BCUT2D eigenvalue weighted by atomic mass is 16.5. The summed E-state index contributed by atoms with van der Waals surface area (Å²) in [5.74, 6) is -0.175. The Balaban J connectivity index is 1.61. The van der Waals surface area contributed by atoms with Crippen molar-refractivity contribution in [1.82, 2.24) is 15.0 Å². The number of ketones is 1. The second kappa shape index (κ2) is 9.58. The highest BCUT2D eigenvalue weighted by Crippen LogP contribution is 2.39. The third-order valence-electron chi connectivity index (χ3n) is 6.17. The minimum atomic E-state index is -0.765. The monoisotopic (exact) mass is 461 g/mol. The van der Waals surface area contributed by atoms with Crippen LogP contribution in [0.2, 0.25) is 0 Å². The van der Waals surface area contributed by atoms with Gasteiger partial charge in [0.1, 0.15) is 5.69 Å². The third kappa shape index (κ3) is 4.99. The van der Waals surface area contributed by atoms with E-state index in [1.54, 1.807) is 18.6 Å². The smallest absolute Gasteiger partial charge is 0.189 e. The normalized spacial score (nSPS) is 23.0. The number of benzene rings is 1. The molecule has 0 bridgehead atoms. The summed E-state index contributed by atoms with van der Waals surface area (Å²) in [6, 6.07) is 10.9. The van der Waals surface area contributed by atoms with Crippen molar-refractivity contribution in [2.45, 2.75) is 58.0 Å². The molecule has 1 aliphatic heterocycles. The van der Waals surface area contributed by atoms with E-state index in [-0.39, 0.29) is 35.2 Å². The molecule has 4 rings (SSSR count). The molecular weight excluding hydrogens is 430 g/mol. The van der Waals surface area contributed by atoms with Crippen LogP contribution in [0.5, 0.6) is 0 Å². The maximum atomic E-state index is 13.3. The highest BCUT2D eigenvalue weighted by molar-refractivity contribution is 5.99. The molecule has 1 saturated heterocycles. The van der Waals surface area contributed by atoms with E-state index < -0.39 is 18.2 Å². The fourth-order valence-corrected chi connectivity index (χ4v) is 4.35. The van der Waals surface area contributed by atoms with Crippen molar-refractivity contribution in [2.75, 3.05) is 5.73 Å². The molecule has 3 heterocycles. The standard InChI is InChI=1S/C26H31N5O3/c1-26(2,3)24-23(33)18(27)12-21(34-24)17-9-10-29-13-16(17)11-20(32)22-25(28)30-14-19(31-22)15-7-5-4-6-8-15/h4-10,13-14,18,21,23-24,33H,11-12,27H2,1-3H3,(H2,28,30)/t18-,21-,23+,24+/m1/s1. The summed E-state index contributed by atoms with van der Waals surface area (Å²) in [6.07, 6.45) is 3.78. The average molecular weight is 462 g/mol. The molecule has 0 unspecified atom stereocenters. The molecule has 8 nitrogen and oxygen atoms in total. The number of nitrogens with two attached hydrogens (primary N) is 2. The first-order chi connectivity index (χ1) is 16.1. The van der Waals surface area contributed by atoms with Gasteiger partial charge in [0.25, 0.3) is 0 Å².